The number of ether oxygens (including phenoxy) is 9. The maximum absolute atomic E-state index is 14.0. The van der Waals surface area contributed by atoms with E-state index in [2.05, 4.69) is 47.6 Å². The minimum Gasteiger partial charge on any atom is -0.393 e. The zero-order chi connectivity index (χ0) is 67.4. The number of aliphatic hydroxyl groups is 10. The number of allylic oxidation sites excluding steroid dienone is 1. The number of ketones is 4. The monoisotopic (exact) mass is 1300 g/mol. The summed E-state index contributed by atoms with van der Waals surface area (Å²) in [5.41, 5.74) is -5.66. The van der Waals surface area contributed by atoms with Crippen LogP contribution in [-0.4, -0.2) is 241 Å². The zero-order valence-corrected chi connectivity index (χ0v) is 56.3. The van der Waals surface area contributed by atoms with Crippen LogP contribution in [0.3, 0.4) is 0 Å². The lowest BCUT2D eigenvalue weighted by Gasteiger charge is -2.62. The van der Waals surface area contributed by atoms with Gasteiger partial charge in [-0.15, -0.1) is 0 Å². The topological polar surface area (TPSA) is 354 Å². The van der Waals surface area contributed by atoms with Crippen molar-refractivity contribution >= 4 is 23.1 Å². The molecule has 8 aliphatic rings. The van der Waals surface area contributed by atoms with Crippen molar-refractivity contribution in [3.05, 3.63) is 11.6 Å². The number of carbonyl (C=O) groups excluding carboxylic acids is 4. The maximum Gasteiger partial charge on any atom is 0.193 e. The third kappa shape index (κ3) is 15.4. The number of aliphatic hydroxyl groups excluding tert-OH is 9. The van der Waals surface area contributed by atoms with Crippen LogP contribution in [0, 0.1) is 57.7 Å². The summed E-state index contributed by atoms with van der Waals surface area (Å²) >= 11 is 0. The Balaban J connectivity index is 0.892. The van der Waals surface area contributed by atoms with Gasteiger partial charge < -0.3 is 93.7 Å². The van der Waals surface area contributed by atoms with Gasteiger partial charge in [-0.1, -0.05) is 60.1 Å². The molecule has 0 aromatic carbocycles. The summed E-state index contributed by atoms with van der Waals surface area (Å²) in [5.74, 6) is -2.92. The van der Waals surface area contributed by atoms with E-state index in [1.165, 1.54) is 12.5 Å². The zero-order valence-electron chi connectivity index (χ0n) is 56.3. The fraction of sp³-hybridized carbons (Fsp3) is 0.912. The van der Waals surface area contributed by atoms with Gasteiger partial charge in [0.1, 0.15) is 47.3 Å². The van der Waals surface area contributed by atoms with Crippen LogP contribution >= 0.6 is 0 Å². The summed E-state index contributed by atoms with van der Waals surface area (Å²) in [6.45, 7) is 23.0. The van der Waals surface area contributed by atoms with Gasteiger partial charge in [0.15, 0.2) is 28.9 Å². The van der Waals surface area contributed by atoms with Crippen LogP contribution in [-0.2, 0) is 61.8 Å². The van der Waals surface area contributed by atoms with Gasteiger partial charge in [0, 0.05) is 54.3 Å². The smallest absolute Gasteiger partial charge is 0.193 e. The molecule has 0 amide bonds. The largest absolute Gasteiger partial charge is 0.393 e. The van der Waals surface area contributed by atoms with Crippen LogP contribution in [0.25, 0.3) is 0 Å². The predicted octanol–water partition coefficient (Wildman–Crippen LogP) is 3.03. The molecule has 19 unspecified atom stereocenters. The first kappa shape index (κ1) is 74.5. The van der Waals surface area contributed by atoms with Crippen LogP contribution < -0.4 is 0 Å². The highest BCUT2D eigenvalue weighted by molar-refractivity contribution is 5.86. The third-order valence-electron chi connectivity index (χ3n) is 23.8. The van der Waals surface area contributed by atoms with Gasteiger partial charge in [-0.25, -0.2) is 0 Å². The number of rotatable bonds is 25. The molecule has 0 spiro atoms. The Labute approximate surface area is 537 Å². The van der Waals surface area contributed by atoms with Gasteiger partial charge in [0.2, 0.25) is 0 Å². The first-order chi connectivity index (χ1) is 42.3. The van der Waals surface area contributed by atoms with Crippen LogP contribution in [0.2, 0.25) is 0 Å². The molecule has 26 atom stereocenters. The molecule has 4 saturated heterocycles. The SMILES string of the molecule is CC(C1CC(O)[C@]2(C)C3CCC(OC[C@]4(C)CC(COCC5(C)OC(CO)C(=O)CC5O)[C@@H](O)CC4O)C(C)(C)C3=CCC2[C@H]1C)[C@H](C)CCC(OCC1(C)OC(COC[C@@]2(C)OC(CO)C(=O)CC2O)C(=O)CC1O[C@@]1(C)OC(CO)C(=O)CC1O)C(C)(C)O. The van der Waals surface area contributed by atoms with Crippen molar-refractivity contribution in [2.75, 3.05) is 59.5 Å². The molecule has 23 nitrogen and oxygen atoms in total. The average Bonchev–Trinajstić information content (AvgIpc) is 0.713. The van der Waals surface area contributed by atoms with E-state index < -0.39 is 149 Å². The summed E-state index contributed by atoms with van der Waals surface area (Å²) in [6, 6.07) is 0. The molecule has 8 rings (SSSR count). The van der Waals surface area contributed by atoms with E-state index in [0.29, 0.717) is 25.7 Å². The van der Waals surface area contributed by atoms with E-state index in [4.69, 9.17) is 42.6 Å². The van der Waals surface area contributed by atoms with Gasteiger partial charge in [0.05, 0.1) is 114 Å². The highest BCUT2D eigenvalue weighted by Crippen LogP contribution is 2.64. The van der Waals surface area contributed by atoms with Crippen molar-refractivity contribution in [2.45, 2.75) is 275 Å². The fourth-order valence-corrected chi connectivity index (χ4v) is 17.0. The second kappa shape index (κ2) is 28.6. The van der Waals surface area contributed by atoms with Crippen LogP contribution in [0.1, 0.15) is 167 Å². The number of hydrogen-bond donors (Lipinski definition) is 10. The third-order valence-corrected chi connectivity index (χ3v) is 23.8. The lowest BCUT2D eigenvalue weighted by atomic mass is 9.44. The Morgan fingerprint density at radius 2 is 1.15 bits per heavy atom. The Bertz CT molecular complexity index is 2560. The molecule has 7 fully saturated rings. The number of fused-ring (bicyclic) bond motifs is 3. The molecule has 522 valence electrons. The van der Waals surface area contributed by atoms with Crippen molar-refractivity contribution in [1.82, 2.24) is 0 Å². The fourth-order valence-electron chi connectivity index (χ4n) is 17.0. The summed E-state index contributed by atoms with van der Waals surface area (Å²) in [4.78, 5) is 51.2. The molecule has 91 heavy (non-hydrogen) atoms. The number of Topliss-reactive ketones (excluding diaryl/α,β-unsaturated/α-hetero) is 4. The van der Waals surface area contributed by atoms with E-state index in [1.54, 1.807) is 34.6 Å². The summed E-state index contributed by atoms with van der Waals surface area (Å²) < 4.78 is 56.1. The molecule has 0 aromatic rings. The molecular formula is C68H112O23. The first-order valence-corrected chi connectivity index (χ1v) is 33.6. The van der Waals surface area contributed by atoms with Crippen molar-refractivity contribution in [1.29, 1.82) is 0 Å². The highest BCUT2D eigenvalue weighted by Gasteiger charge is 2.61. The standard InChI is InChI=1S/C68H112O23/c1-36(14-18-59(62(6,7)82)86-35-66(11)60(91-68(13)57(81)24-47(75)51(29-71)90-68)25-48(76)52(89-66)31-84-34-65(10)55(79)23-46(74)50(28-70)88-65)37(2)40-20-56(80)67(12)41(38(40)3)15-16-42-43(67)17-19-58(61(42,4)5)85-32-63(8)26-39(44(72)21-53(63)77)30-83-33-64(9)54(78)22-45(73)49(27-69)87-64/h16,36-41,43-44,49-60,69-72,77-82H,14-15,17-35H2,1-13H3/t36-,37?,38+,39?,40?,41?,43?,44+,49?,50?,51?,52?,53?,54?,55?,56?,57?,58?,59?,60?,63+,64?,65-,66?,67+,68-/m1/s1. The molecule has 3 saturated carbocycles. The minimum absolute atomic E-state index is 0.0535. The van der Waals surface area contributed by atoms with Gasteiger partial charge in [0.25, 0.3) is 0 Å². The van der Waals surface area contributed by atoms with E-state index in [-0.39, 0.29) is 130 Å². The summed E-state index contributed by atoms with van der Waals surface area (Å²) in [5, 5.41) is 109. The molecule has 23 heteroatoms. The molecule has 0 bridgehead atoms. The van der Waals surface area contributed by atoms with E-state index in [1.807, 2.05) is 6.92 Å². The first-order valence-electron chi connectivity index (χ1n) is 33.6. The lowest BCUT2D eigenvalue weighted by molar-refractivity contribution is -0.345. The Morgan fingerprint density at radius 1 is 0.615 bits per heavy atom. The molecular weight excluding hydrogens is 1180 g/mol. The number of hydrogen-bond acceptors (Lipinski definition) is 23. The summed E-state index contributed by atoms with van der Waals surface area (Å²) in [7, 11) is 0. The van der Waals surface area contributed by atoms with Crippen molar-refractivity contribution < 1.29 is 113 Å². The molecule has 4 heterocycles. The van der Waals surface area contributed by atoms with Crippen molar-refractivity contribution in [3.8, 4) is 0 Å². The van der Waals surface area contributed by atoms with Gasteiger partial charge in [-0.2, -0.15) is 0 Å². The summed E-state index contributed by atoms with van der Waals surface area (Å²) in [6.07, 6.45) is -6.83. The van der Waals surface area contributed by atoms with Gasteiger partial charge in [-0.05, 0) is 122 Å². The van der Waals surface area contributed by atoms with Crippen LogP contribution in [0.4, 0.5) is 0 Å². The maximum atomic E-state index is 14.0. The quantitative estimate of drug-likeness (QED) is 0.0587. The molecule has 10 N–H and O–H groups in total. The van der Waals surface area contributed by atoms with E-state index in [9.17, 15) is 70.2 Å². The Morgan fingerprint density at radius 3 is 1.73 bits per heavy atom. The van der Waals surface area contributed by atoms with Crippen LogP contribution in [0.5, 0.6) is 0 Å². The Hall–Kier alpha value is -2.34. The van der Waals surface area contributed by atoms with Crippen molar-refractivity contribution in [2.24, 2.45) is 57.7 Å². The van der Waals surface area contributed by atoms with Gasteiger partial charge in [-0.3, -0.25) is 19.2 Å². The van der Waals surface area contributed by atoms with Gasteiger partial charge >= 0.3 is 0 Å². The molecule has 0 aromatic heterocycles. The molecule has 4 aliphatic heterocycles. The van der Waals surface area contributed by atoms with E-state index in [0.717, 1.165) is 19.3 Å². The van der Waals surface area contributed by atoms with Crippen LogP contribution in [0.15, 0.2) is 11.6 Å². The lowest BCUT2D eigenvalue weighted by Crippen LogP contribution is -2.64. The predicted molar refractivity (Wildman–Crippen MR) is 328 cm³/mol. The van der Waals surface area contributed by atoms with E-state index >= 15 is 0 Å². The molecule has 0 radical (unpaired) electrons. The van der Waals surface area contributed by atoms with Crippen molar-refractivity contribution in [3.63, 3.8) is 0 Å². The second-order valence-corrected chi connectivity index (χ2v) is 31.4. The second-order valence-electron chi connectivity index (χ2n) is 31.4. The minimum atomic E-state index is -1.86. The highest BCUT2D eigenvalue weighted by atomic mass is 16.7. The number of carbonyl (C=O) groups is 4. The normalized spacial score (nSPS) is 45.0. The Kier molecular flexibility index (Phi) is 23.4. The average molecular weight is 1300 g/mol. The molecule has 4 aliphatic carbocycles.